The number of carbonyl (C=O) groups excluding carboxylic acids is 2. The fraction of sp³-hybridized carbons (Fsp3) is 0.263. The number of hydrogen-bond acceptors (Lipinski definition) is 4. The smallest absolute Gasteiger partial charge is 0.255 e. The van der Waals surface area contributed by atoms with Crippen molar-refractivity contribution in [3.63, 3.8) is 0 Å². The molecule has 0 heterocycles. The van der Waals surface area contributed by atoms with Gasteiger partial charge >= 0.3 is 0 Å². The highest BCUT2D eigenvalue weighted by molar-refractivity contribution is 6.32. The molecule has 0 fully saturated rings. The number of benzene rings is 2. The minimum absolute atomic E-state index is 0.0571. The van der Waals surface area contributed by atoms with Crippen LogP contribution >= 0.6 is 11.6 Å². The lowest BCUT2D eigenvalue weighted by Gasteiger charge is -2.15. The first-order valence-corrected chi connectivity index (χ1v) is 8.85. The highest BCUT2D eigenvalue weighted by Crippen LogP contribution is 2.37. The van der Waals surface area contributed by atoms with Gasteiger partial charge in [-0.2, -0.15) is 0 Å². The van der Waals surface area contributed by atoms with Crippen LogP contribution in [0.3, 0.4) is 0 Å². The molecule has 0 unspecified atom stereocenters. The summed E-state index contributed by atoms with van der Waals surface area (Å²) in [5.74, 6) is -3.47. The zero-order chi connectivity index (χ0) is 20.8. The number of rotatable bonds is 8. The van der Waals surface area contributed by atoms with Crippen molar-refractivity contribution in [2.24, 2.45) is 5.73 Å². The van der Waals surface area contributed by atoms with Crippen LogP contribution in [0, 0.1) is 11.6 Å². The van der Waals surface area contributed by atoms with Crippen molar-refractivity contribution < 1.29 is 27.8 Å². The topological polar surface area (TPSA) is 90.6 Å². The molecule has 3 N–H and O–H groups in total. The average Bonchev–Trinajstić information content (AvgIpc) is 2.63. The van der Waals surface area contributed by atoms with E-state index in [0.29, 0.717) is 25.0 Å². The van der Waals surface area contributed by atoms with Gasteiger partial charge in [-0.25, -0.2) is 8.78 Å². The van der Waals surface area contributed by atoms with Crippen LogP contribution in [0.25, 0.3) is 0 Å². The Hall–Kier alpha value is -2.87. The van der Waals surface area contributed by atoms with Crippen LogP contribution < -0.4 is 20.5 Å². The van der Waals surface area contributed by atoms with Gasteiger partial charge in [0.2, 0.25) is 0 Å². The summed E-state index contributed by atoms with van der Waals surface area (Å²) in [7, 11) is 0. The molecule has 0 bridgehead atoms. The minimum Gasteiger partial charge on any atom is -0.490 e. The lowest BCUT2D eigenvalue weighted by atomic mass is 10.1. The van der Waals surface area contributed by atoms with Crippen molar-refractivity contribution in [3.8, 4) is 11.5 Å². The Morgan fingerprint density at radius 2 is 1.82 bits per heavy atom. The van der Waals surface area contributed by atoms with Gasteiger partial charge < -0.3 is 20.5 Å². The van der Waals surface area contributed by atoms with Crippen LogP contribution in [0.1, 0.15) is 41.0 Å². The van der Waals surface area contributed by atoms with Gasteiger partial charge in [-0.15, -0.1) is 0 Å². The van der Waals surface area contributed by atoms with E-state index >= 15 is 0 Å². The molecule has 2 aromatic carbocycles. The van der Waals surface area contributed by atoms with Gasteiger partial charge in [0.1, 0.15) is 11.6 Å². The predicted octanol–water partition coefficient (Wildman–Crippen LogP) is 4.16. The molecular weight excluding hydrogens is 394 g/mol. The van der Waals surface area contributed by atoms with Gasteiger partial charge in [-0.3, -0.25) is 9.59 Å². The Bertz CT molecular complexity index is 906. The van der Waals surface area contributed by atoms with Gasteiger partial charge in [-0.1, -0.05) is 18.5 Å². The molecule has 28 heavy (non-hydrogen) atoms. The van der Waals surface area contributed by atoms with Crippen LogP contribution in [0.4, 0.5) is 14.5 Å². The summed E-state index contributed by atoms with van der Waals surface area (Å²) >= 11 is 6.20. The van der Waals surface area contributed by atoms with Crippen molar-refractivity contribution in [1.82, 2.24) is 0 Å². The molecule has 2 aromatic rings. The van der Waals surface area contributed by atoms with Gasteiger partial charge in [0.15, 0.2) is 11.5 Å². The van der Waals surface area contributed by atoms with E-state index in [2.05, 4.69) is 5.32 Å². The maximum Gasteiger partial charge on any atom is 0.255 e. The van der Waals surface area contributed by atoms with E-state index in [1.807, 2.05) is 6.92 Å². The molecule has 0 spiro atoms. The average molecular weight is 413 g/mol. The van der Waals surface area contributed by atoms with Crippen molar-refractivity contribution >= 4 is 29.1 Å². The number of carbonyl (C=O) groups is 2. The minimum atomic E-state index is -1.12. The Morgan fingerprint density at radius 3 is 2.43 bits per heavy atom. The summed E-state index contributed by atoms with van der Waals surface area (Å²) in [5.41, 5.74) is 4.15. The molecule has 0 radical (unpaired) electrons. The Morgan fingerprint density at radius 1 is 1.11 bits per heavy atom. The molecule has 0 aromatic heterocycles. The van der Waals surface area contributed by atoms with Crippen molar-refractivity contribution in [3.05, 3.63) is 52.0 Å². The molecule has 0 aliphatic heterocycles. The molecule has 2 amide bonds. The molecule has 150 valence electrons. The Balaban J connectivity index is 2.36. The van der Waals surface area contributed by atoms with Crippen LogP contribution in [-0.4, -0.2) is 25.0 Å². The molecule has 9 heteroatoms. The van der Waals surface area contributed by atoms with E-state index < -0.39 is 34.7 Å². The quantitative estimate of drug-likeness (QED) is 0.681. The number of anilines is 1. The second-order valence-corrected chi connectivity index (χ2v) is 6.10. The first-order chi connectivity index (χ1) is 13.3. The summed E-state index contributed by atoms with van der Waals surface area (Å²) in [6, 6.07) is 4.03. The summed E-state index contributed by atoms with van der Waals surface area (Å²) in [6.07, 6.45) is 0.746. The molecule has 6 nitrogen and oxygen atoms in total. The number of primary amides is 1. The number of nitrogens with two attached hydrogens (primary N) is 1. The van der Waals surface area contributed by atoms with Gasteiger partial charge in [0, 0.05) is 11.6 Å². The number of ether oxygens (including phenoxy) is 2. The first kappa shape index (κ1) is 21.4. The molecular formula is C19H19ClF2N2O4. The standard InChI is InChI=1S/C19H19ClF2N2O4/c1-3-5-28-17-12(20)6-10(7-16(17)27-4-2)19(26)24-15-8-11(18(23)25)13(21)9-14(15)22/h6-9H,3-5H2,1-2H3,(H2,23,25)(H,24,26). The van der Waals surface area contributed by atoms with E-state index in [4.69, 9.17) is 26.8 Å². The highest BCUT2D eigenvalue weighted by Gasteiger charge is 2.19. The van der Waals surface area contributed by atoms with E-state index in [1.165, 1.54) is 12.1 Å². The fourth-order valence-corrected chi connectivity index (χ4v) is 2.60. The SMILES string of the molecule is CCCOc1c(Cl)cc(C(=O)Nc2cc(C(N)=O)c(F)cc2F)cc1OCC. The first-order valence-electron chi connectivity index (χ1n) is 8.47. The number of halogens is 3. The summed E-state index contributed by atoms with van der Waals surface area (Å²) < 4.78 is 38.6. The molecule has 0 aliphatic carbocycles. The Labute approximate surface area is 165 Å². The van der Waals surface area contributed by atoms with Gasteiger partial charge in [0.25, 0.3) is 11.8 Å². The maximum atomic E-state index is 14.0. The second kappa shape index (κ2) is 9.36. The highest BCUT2D eigenvalue weighted by atomic mass is 35.5. The third kappa shape index (κ3) is 4.89. The largest absolute Gasteiger partial charge is 0.490 e. The van der Waals surface area contributed by atoms with Crippen LogP contribution in [0.15, 0.2) is 24.3 Å². The molecule has 0 saturated heterocycles. The van der Waals surface area contributed by atoms with E-state index in [1.54, 1.807) is 6.92 Å². The van der Waals surface area contributed by atoms with E-state index in [-0.39, 0.29) is 16.3 Å². The normalized spacial score (nSPS) is 10.5. The lowest BCUT2D eigenvalue weighted by Crippen LogP contribution is -2.17. The second-order valence-electron chi connectivity index (χ2n) is 5.70. The van der Waals surface area contributed by atoms with E-state index in [0.717, 1.165) is 12.5 Å². The van der Waals surface area contributed by atoms with Crippen molar-refractivity contribution in [2.75, 3.05) is 18.5 Å². The monoisotopic (exact) mass is 412 g/mol. The van der Waals surface area contributed by atoms with Gasteiger partial charge in [-0.05, 0) is 31.5 Å². The predicted molar refractivity (Wildman–Crippen MR) is 101 cm³/mol. The van der Waals surface area contributed by atoms with Crippen molar-refractivity contribution in [1.29, 1.82) is 0 Å². The third-order valence-corrected chi connectivity index (χ3v) is 3.87. The zero-order valence-corrected chi connectivity index (χ0v) is 16.0. The van der Waals surface area contributed by atoms with E-state index in [9.17, 15) is 18.4 Å². The molecule has 0 aliphatic rings. The molecule has 0 atom stereocenters. The Kier molecular flexibility index (Phi) is 7.17. The molecule has 0 saturated carbocycles. The van der Waals surface area contributed by atoms with Crippen molar-refractivity contribution in [2.45, 2.75) is 20.3 Å². The van der Waals surface area contributed by atoms with Crippen LogP contribution in [0.5, 0.6) is 11.5 Å². The molecule has 2 rings (SSSR count). The van der Waals surface area contributed by atoms with Crippen LogP contribution in [0.2, 0.25) is 5.02 Å². The zero-order valence-electron chi connectivity index (χ0n) is 15.3. The summed E-state index contributed by atoms with van der Waals surface area (Å²) in [5, 5.41) is 2.41. The fourth-order valence-electron chi connectivity index (χ4n) is 2.33. The van der Waals surface area contributed by atoms with Crippen LogP contribution in [-0.2, 0) is 0 Å². The lowest BCUT2D eigenvalue weighted by molar-refractivity contribution is 0.0992. The maximum absolute atomic E-state index is 14.0. The number of amides is 2. The summed E-state index contributed by atoms with van der Waals surface area (Å²) in [6.45, 7) is 4.39. The van der Waals surface area contributed by atoms with Gasteiger partial charge in [0.05, 0.1) is 29.5 Å². The third-order valence-electron chi connectivity index (χ3n) is 3.59. The number of nitrogens with one attached hydrogen (secondary N) is 1. The summed E-state index contributed by atoms with van der Waals surface area (Å²) in [4.78, 5) is 23.7. The number of hydrogen-bond donors (Lipinski definition) is 2.